The Morgan fingerprint density at radius 2 is 1.81 bits per heavy atom. The van der Waals surface area contributed by atoms with Gasteiger partial charge in [-0.25, -0.2) is 9.18 Å². The lowest BCUT2D eigenvalue weighted by atomic mass is 10.2. The first-order valence-electron chi connectivity index (χ1n) is 10.5. The summed E-state index contributed by atoms with van der Waals surface area (Å²) in [4.78, 5) is 30.4. The quantitative estimate of drug-likeness (QED) is 0.572. The van der Waals surface area contributed by atoms with Gasteiger partial charge in [0.2, 0.25) is 5.91 Å². The van der Waals surface area contributed by atoms with Crippen LogP contribution in [-0.2, 0) is 17.9 Å². The van der Waals surface area contributed by atoms with Gasteiger partial charge in [0.05, 0.1) is 19.4 Å². The molecule has 2 N–H and O–H groups in total. The maximum Gasteiger partial charge on any atom is 0.315 e. The van der Waals surface area contributed by atoms with E-state index >= 15 is 0 Å². The van der Waals surface area contributed by atoms with Crippen molar-refractivity contribution in [3.63, 3.8) is 0 Å². The lowest BCUT2D eigenvalue weighted by Crippen LogP contribution is -2.51. The molecule has 0 bridgehead atoms. The first-order chi connectivity index (χ1) is 15.6. The van der Waals surface area contributed by atoms with Crippen LogP contribution in [0.25, 0.3) is 10.4 Å². The number of benzene rings is 1. The second-order valence-electron chi connectivity index (χ2n) is 7.52. The fraction of sp³-hybridized carbons (Fsp3) is 0.304. The Morgan fingerprint density at radius 3 is 2.56 bits per heavy atom. The van der Waals surface area contributed by atoms with Gasteiger partial charge >= 0.3 is 6.03 Å². The first-order valence-corrected chi connectivity index (χ1v) is 11.3. The molecule has 7 nitrogen and oxygen atoms in total. The van der Waals surface area contributed by atoms with E-state index < -0.39 is 6.03 Å². The molecule has 3 heterocycles. The maximum absolute atomic E-state index is 14.0. The smallest absolute Gasteiger partial charge is 0.315 e. The van der Waals surface area contributed by atoms with Gasteiger partial charge in [-0.3, -0.25) is 9.69 Å². The zero-order valence-electron chi connectivity index (χ0n) is 17.6. The van der Waals surface area contributed by atoms with Crippen LogP contribution in [0.2, 0.25) is 0 Å². The van der Waals surface area contributed by atoms with Crippen LogP contribution in [-0.4, -0.2) is 54.5 Å². The highest BCUT2D eigenvalue weighted by atomic mass is 32.1. The summed E-state index contributed by atoms with van der Waals surface area (Å²) in [5.74, 6) is 0.335. The highest BCUT2D eigenvalue weighted by molar-refractivity contribution is 7.15. The number of rotatable bonds is 7. The Kier molecular flexibility index (Phi) is 7.18. The van der Waals surface area contributed by atoms with Crippen LogP contribution >= 0.6 is 11.3 Å². The largest absolute Gasteiger partial charge is 0.467 e. The second kappa shape index (κ2) is 10.4. The summed E-state index contributed by atoms with van der Waals surface area (Å²) in [6.45, 7) is 3.73. The zero-order valence-corrected chi connectivity index (χ0v) is 18.4. The van der Waals surface area contributed by atoms with E-state index in [2.05, 4.69) is 15.5 Å². The SMILES string of the molecule is O=C(NCC(=O)N1CCN(Cc2ccc(-c3ccccc3F)s2)CC1)NCc1ccco1. The van der Waals surface area contributed by atoms with E-state index in [-0.39, 0.29) is 24.8 Å². The fourth-order valence-corrected chi connectivity index (χ4v) is 4.63. The molecule has 0 spiro atoms. The van der Waals surface area contributed by atoms with Gasteiger partial charge in [-0.15, -0.1) is 11.3 Å². The molecule has 3 aromatic rings. The minimum Gasteiger partial charge on any atom is -0.467 e. The molecule has 1 aliphatic heterocycles. The van der Waals surface area contributed by atoms with Crippen LogP contribution in [0.3, 0.4) is 0 Å². The number of nitrogens with one attached hydrogen (secondary N) is 2. The van der Waals surface area contributed by atoms with Crippen molar-refractivity contribution in [3.8, 4) is 10.4 Å². The number of amides is 3. The van der Waals surface area contributed by atoms with E-state index in [1.165, 1.54) is 6.07 Å². The van der Waals surface area contributed by atoms with Crippen molar-refractivity contribution in [2.75, 3.05) is 32.7 Å². The summed E-state index contributed by atoms with van der Waals surface area (Å²) >= 11 is 1.59. The van der Waals surface area contributed by atoms with Crippen molar-refractivity contribution in [2.45, 2.75) is 13.1 Å². The van der Waals surface area contributed by atoms with Gasteiger partial charge in [-0.1, -0.05) is 18.2 Å². The molecule has 2 aromatic heterocycles. The van der Waals surface area contributed by atoms with Crippen LogP contribution in [0, 0.1) is 5.82 Å². The molecule has 4 rings (SSSR count). The van der Waals surface area contributed by atoms with Crippen molar-refractivity contribution < 1.29 is 18.4 Å². The Balaban J connectivity index is 1.18. The summed E-state index contributed by atoms with van der Waals surface area (Å²) in [6.07, 6.45) is 1.54. The summed E-state index contributed by atoms with van der Waals surface area (Å²) in [7, 11) is 0. The number of thiophene rings is 1. The number of halogens is 1. The van der Waals surface area contributed by atoms with Gasteiger partial charge in [0.15, 0.2) is 0 Å². The number of urea groups is 1. The topological polar surface area (TPSA) is 77.8 Å². The Hall–Kier alpha value is -3.17. The predicted octanol–water partition coefficient (Wildman–Crippen LogP) is 3.29. The van der Waals surface area contributed by atoms with Gasteiger partial charge in [0.25, 0.3) is 0 Å². The van der Waals surface area contributed by atoms with Crippen molar-refractivity contribution in [1.29, 1.82) is 0 Å². The van der Waals surface area contributed by atoms with Gasteiger partial charge in [0.1, 0.15) is 11.6 Å². The van der Waals surface area contributed by atoms with E-state index in [1.54, 1.807) is 46.8 Å². The summed E-state index contributed by atoms with van der Waals surface area (Å²) in [5.41, 5.74) is 0.625. The molecule has 1 fully saturated rings. The molecule has 168 valence electrons. The summed E-state index contributed by atoms with van der Waals surface area (Å²) < 4.78 is 19.2. The van der Waals surface area contributed by atoms with Crippen LogP contribution in [0.5, 0.6) is 0 Å². The fourth-order valence-electron chi connectivity index (χ4n) is 3.56. The molecule has 0 atom stereocenters. The lowest BCUT2D eigenvalue weighted by Gasteiger charge is -2.34. The van der Waals surface area contributed by atoms with Crippen molar-refractivity contribution in [2.24, 2.45) is 0 Å². The van der Waals surface area contributed by atoms with E-state index in [9.17, 15) is 14.0 Å². The Morgan fingerprint density at radius 1 is 1.00 bits per heavy atom. The molecule has 32 heavy (non-hydrogen) atoms. The predicted molar refractivity (Wildman–Crippen MR) is 121 cm³/mol. The lowest BCUT2D eigenvalue weighted by molar-refractivity contribution is -0.131. The highest BCUT2D eigenvalue weighted by Gasteiger charge is 2.22. The third-order valence-corrected chi connectivity index (χ3v) is 6.41. The number of carbonyl (C=O) groups excluding carboxylic acids is 2. The van der Waals surface area contributed by atoms with E-state index in [4.69, 9.17) is 4.42 Å². The first kappa shape index (κ1) is 22.0. The second-order valence-corrected chi connectivity index (χ2v) is 8.69. The Labute approximate surface area is 189 Å². The molecule has 3 amide bonds. The average Bonchev–Trinajstić information content (AvgIpc) is 3.49. The van der Waals surface area contributed by atoms with Gasteiger partial charge in [0, 0.05) is 48.0 Å². The molecule has 0 unspecified atom stereocenters. The van der Waals surface area contributed by atoms with Crippen LogP contribution in [0.15, 0.2) is 59.2 Å². The standard InChI is InChI=1S/C23H25FN4O3S/c24-20-6-2-1-5-19(20)21-8-7-18(32-21)16-27-9-11-28(12-10-27)22(29)15-26-23(30)25-14-17-4-3-13-31-17/h1-8,13H,9-12,14-16H2,(H2,25,26,30). The molecule has 9 heteroatoms. The maximum atomic E-state index is 14.0. The number of hydrogen-bond acceptors (Lipinski definition) is 5. The van der Waals surface area contributed by atoms with Gasteiger partial charge < -0.3 is 20.0 Å². The van der Waals surface area contributed by atoms with Crippen LogP contribution in [0.4, 0.5) is 9.18 Å². The molecule has 0 saturated carbocycles. The Bertz CT molecular complexity index is 1050. The molecule has 1 aromatic carbocycles. The van der Waals surface area contributed by atoms with Crippen molar-refractivity contribution >= 4 is 23.3 Å². The van der Waals surface area contributed by atoms with Crippen molar-refractivity contribution in [1.82, 2.24) is 20.4 Å². The number of piperazine rings is 1. The van der Waals surface area contributed by atoms with E-state index in [0.29, 0.717) is 24.4 Å². The average molecular weight is 457 g/mol. The van der Waals surface area contributed by atoms with Crippen LogP contribution in [0.1, 0.15) is 10.6 Å². The van der Waals surface area contributed by atoms with Crippen LogP contribution < -0.4 is 10.6 Å². The minimum atomic E-state index is -0.406. The monoisotopic (exact) mass is 456 g/mol. The van der Waals surface area contributed by atoms with Gasteiger partial charge in [-0.2, -0.15) is 0 Å². The minimum absolute atomic E-state index is 0.0408. The number of furan rings is 1. The molecule has 1 saturated heterocycles. The normalized spacial score (nSPS) is 14.3. The highest BCUT2D eigenvalue weighted by Crippen LogP contribution is 2.30. The van der Waals surface area contributed by atoms with Gasteiger partial charge in [-0.05, 0) is 30.3 Å². The zero-order chi connectivity index (χ0) is 22.3. The molecule has 1 aliphatic rings. The third kappa shape index (κ3) is 5.74. The molecular formula is C23H25FN4O3S. The third-order valence-electron chi connectivity index (χ3n) is 5.31. The number of carbonyl (C=O) groups is 2. The summed E-state index contributed by atoms with van der Waals surface area (Å²) in [6, 6.07) is 13.9. The molecule has 0 aliphatic carbocycles. The van der Waals surface area contributed by atoms with E-state index in [1.807, 2.05) is 18.2 Å². The number of nitrogens with zero attached hydrogens (tertiary/aromatic N) is 2. The summed E-state index contributed by atoms with van der Waals surface area (Å²) in [5, 5.41) is 5.24. The van der Waals surface area contributed by atoms with E-state index in [0.717, 1.165) is 29.4 Å². The van der Waals surface area contributed by atoms with Crippen molar-refractivity contribution in [3.05, 3.63) is 71.2 Å². The number of hydrogen-bond donors (Lipinski definition) is 2. The molecular weight excluding hydrogens is 431 g/mol. The molecule has 0 radical (unpaired) electrons.